The highest BCUT2D eigenvalue weighted by Crippen LogP contribution is 2.30. The maximum atomic E-state index is 6.38. The van der Waals surface area contributed by atoms with E-state index in [1.165, 1.54) is 18.4 Å². The second kappa shape index (κ2) is 6.78. The fourth-order valence-electron chi connectivity index (χ4n) is 2.53. The second-order valence-corrected chi connectivity index (χ2v) is 6.39. The van der Waals surface area contributed by atoms with Crippen molar-refractivity contribution in [2.45, 2.75) is 31.2 Å². The van der Waals surface area contributed by atoms with E-state index in [1.54, 1.807) is 12.4 Å². The quantitative estimate of drug-likeness (QED) is 0.849. The minimum absolute atomic E-state index is 0.319. The van der Waals surface area contributed by atoms with Crippen molar-refractivity contribution in [2.24, 2.45) is 0 Å². The van der Waals surface area contributed by atoms with Gasteiger partial charge in [0.15, 0.2) is 0 Å². The Kier molecular flexibility index (Phi) is 4.79. The summed E-state index contributed by atoms with van der Waals surface area (Å²) < 4.78 is 0. The number of halogens is 2. The van der Waals surface area contributed by atoms with E-state index < -0.39 is 0 Å². The molecule has 1 unspecified atom stereocenters. The number of pyridine rings is 1. The summed E-state index contributed by atoms with van der Waals surface area (Å²) in [5.74, 6) is 0.319. The number of hydrogen-bond acceptors (Lipinski definition) is 2. The molecule has 2 nitrogen and oxygen atoms in total. The molecule has 1 heterocycles. The Hall–Kier alpha value is -1.09. The Labute approximate surface area is 135 Å². The summed E-state index contributed by atoms with van der Waals surface area (Å²) >= 11 is 12.6. The van der Waals surface area contributed by atoms with Gasteiger partial charge in [-0.3, -0.25) is 4.98 Å². The van der Waals surface area contributed by atoms with Crippen molar-refractivity contribution in [3.05, 3.63) is 63.9 Å². The summed E-state index contributed by atoms with van der Waals surface area (Å²) in [5.41, 5.74) is 2.30. The van der Waals surface area contributed by atoms with Gasteiger partial charge in [-0.2, -0.15) is 0 Å². The molecule has 0 bridgehead atoms. The first-order valence-electron chi connectivity index (χ1n) is 7.30. The predicted molar refractivity (Wildman–Crippen MR) is 88.2 cm³/mol. The molecule has 0 saturated heterocycles. The first kappa shape index (κ1) is 14.8. The molecule has 1 aliphatic carbocycles. The van der Waals surface area contributed by atoms with Gasteiger partial charge < -0.3 is 5.32 Å². The first-order valence-corrected chi connectivity index (χ1v) is 8.06. The molecule has 1 aliphatic rings. The van der Waals surface area contributed by atoms with Crippen molar-refractivity contribution in [1.29, 1.82) is 0 Å². The second-order valence-electron chi connectivity index (χ2n) is 5.57. The van der Waals surface area contributed by atoms with Crippen molar-refractivity contribution in [2.75, 3.05) is 6.54 Å². The molecule has 0 amide bonds. The van der Waals surface area contributed by atoms with Gasteiger partial charge in [-0.15, -0.1) is 0 Å². The lowest BCUT2D eigenvalue weighted by molar-refractivity contribution is 0.577. The van der Waals surface area contributed by atoms with Gasteiger partial charge in [0.1, 0.15) is 0 Å². The average Bonchev–Trinajstić information content (AvgIpc) is 3.30. The Bertz CT molecular complexity index is 611. The van der Waals surface area contributed by atoms with Crippen LogP contribution in [0.2, 0.25) is 10.0 Å². The van der Waals surface area contributed by atoms with Crippen LogP contribution in [0.15, 0.2) is 42.7 Å². The van der Waals surface area contributed by atoms with Crippen molar-refractivity contribution in [1.82, 2.24) is 10.3 Å². The molecule has 1 N–H and O–H groups in total. The summed E-state index contributed by atoms with van der Waals surface area (Å²) in [6, 6.07) is 10.7. The van der Waals surface area contributed by atoms with Gasteiger partial charge in [-0.05, 0) is 42.5 Å². The highest BCUT2D eigenvalue weighted by molar-refractivity contribution is 6.31. The van der Waals surface area contributed by atoms with Gasteiger partial charge in [0.25, 0.3) is 0 Å². The third kappa shape index (κ3) is 3.97. The minimum Gasteiger partial charge on any atom is -0.313 e. The molecule has 1 aromatic carbocycles. The lowest BCUT2D eigenvalue weighted by Crippen LogP contribution is -2.25. The summed E-state index contributed by atoms with van der Waals surface area (Å²) in [5, 5.41) is 5.15. The summed E-state index contributed by atoms with van der Waals surface area (Å²) in [4.78, 5) is 4.05. The van der Waals surface area contributed by atoms with Crippen LogP contribution in [0.4, 0.5) is 0 Å². The van der Waals surface area contributed by atoms with Crippen LogP contribution in [0.5, 0.6) is 0 Å². The zero-order chi connectivity index (χ0) is 14.7. The maximum Gasteiger partial charge on any atom is 0.0621 e. The molecule has 1 atom stereocenters. The van der Waals surface area contributed by atoms with E-state index in [0.29, 0.717) is 12.0 Å². The van der Waals surface area contributed by atoms with Crippen molar-refractivity contribution < 1.29 is 0 Å². The topological polar surface area (TPSA) is 24.9 Å². The molecule has 4 heteroatoms. The maximum absolute atomic E-state index is 6.38. The van der Waals surface area contributed by atoms with E-state index in [2.05, 4.69) is 16.4 Å². The zero-order valence-corrected chi connectivity index (χ0v) is 13.2. The summed E-state index contributed by atoms with van der Waals surface area (Å²) in [6.07, 6.45) is 6.93. The van der Waals surface area contributed by atoms with Crippen molar-refractivity contribution >= 4 is 23.2 Å². The van der Waals surface area contributed by atoms with Crippen LogP contribution in [0.1, 0.15) is 29.9 Å². The van der Waals surface area contributed by atoms with Gasteiger partial charge in [-0.1, -0.05) is 41.4 Å². The third-order valence-corrected chi connectivity index (χ3v) is 4.58. The van der Waals surface area contributed by atoms with Crippen LogP contribution >= 0.6 is 23.2 Å². The standard InChI is InChI=1S/C17H18Cl2N2/c18-16-4-2-1-3-15(16)13(10-21-14-5-6-14)9-12-7-8-20-11-17(12)19/h1-4,7-8,11,13-14,21H,5-6,9-10H2. The molecular weight excluding hydrogens is 303 g/mol. The van der Waals surface area contributed by atoms with E-state index in [9.17, 15) is 0 Å². The van der Waals surface area contributed by atoms with E-state index in [-0.39, 0.29) is 0 Å². The number of nitrogens with one attached hydrogen (secondary N) is 1. The van der Waals surface area contributed by atoms with E-state index in [1.807, 2.05) is 24.3 Å². The Balaban J connectivity index is 1.81. The lowest BCUT2D eigenvalue weighted by atomic mass is 9.92. The fourth-order valence-corrected chi connectivity index (χ4v) is 3.02. The van der Waals surface area contributed by atoms with Crippen LogP contribution in [0, 0.1) is 0 Å². The van der Waals surface area contributed by atoms with Crippen LogP contribution in [0.25, 0.3) is 0 Å². The van der Waals surface area contributed by atoms with E-state index >= 15 is 0 Å². The molecule has 1 fully saturated rings. The van der Waals surface area contributed by atoms with Gasteiger partial charge >= 0.3 is 0 Å². The summed E-state index contributed by atoms with van der Waals surface area (Å²) in [6.45, 7) is 0.924. The van der Waals surface area contributed by atoms with Crippen molar-refractivity contribution in [3.8, 4) is 0 Å². The van der Waals surface area contributed by atoms with Gasteiger partial charge in [0, 0.05) is 35.9 Å². The molecule has 1 saturated carbocycles. The minimum atomic E-state index is 0.319. The van der Waals surface area contributed by atoms with Gasteiger partial charge in [-0.25, -0.2) is 0 Å². The molecule has 21 heavy (non-hydrogen) atoms. The molecule has 2 aromatic rings. The van der Waals surface area contributed by atoms with E-state index in [0.717, 1.165) is 28.6 Å². The van der Waals surface area contributed by atoms with Crippen LogP contribution in [-0.4, -0.2) is 17.6 Å². The van der Waals surface area contributed by atoms with E-state index in [4.69, 9.17) is 23.2 Å². The summed E-state index contributed by atoms with van der Waals surface area (Å²) in [7, 11) is 0. The highest BCUT2D eigenvalue weighted by atomic mass is 35.5. The molecule has 3 rings (SSSR count). The number of rotatable bonds is 6. The number of nitrogens with zero attached hydrogens (tertiary/aromatic N) is 1. The molecule has 0 spiro atoms. The Morgan fingerprint density at radius 2 is 1.95 bits per heavy atom. The largest absolute Gasteiger partial charge is 0.313 e. The Morgan fingerprint density at radius 3 is 2.67 bits per heavy atom. The highest BCUT2D eigenvalue weighted by Gasteiger charge is 2.23. The molecule has 0 aliphatic heterocycles. The van der Waals surface area contributed by atoms with Gasteiger partial charge in [0.05, 0.1) is 5.02 Å². The number of hydrogen-bond donors (Lipinski definition) is 1. The average molecular weight is 321 g/mol. The first-order chi connectivity index (χ1) is 10.2. The normalized spacial score (nSPS) is 15.9. The molecule has 1 aromatic heterocycles. The predicted octanol–water partition coefficient (Wildman–Crippen LogP) is 4.47. The zero-order valence-electron chi connectivity index (χ0n) is 11.7. The Morgan fingerprint density at radius 1 is 1.14 bits per heavy atom. The van der Waals surface area contributed by atoms with Crippen LogP contribution in [-0.2, 0) is 6.42 Å². The number of aromatic nitrogens is 1. The third-order valence-electron chi connectivity index (χ3n) is 3.90. The van der Waals surface area contributed by atoms with Gasteiger partial charge in [0.2, 0.25) is 0 Å². The van der Waals surface area contributed by atoms with Crippen molar-refractivity contribution in [3.63, 3.8) is 0 Å². The smallest absolute Gasteiger partial charge is 0.0621 e. The molecule has 0 radical (unpaired) electrons. The SMILES string of the molecule is Clc1cnccc1CC(CNC1CC1)c1ccccc1Cl. The molecule has 110 valence electrons. The van der Waals surface area contributed by atoms with Crippen LogP contribution in [0.3, 0.4) is 0 Å². The lowest BCUT2D eigenvalue weighted by Gasteiger charge is -2.20. The molecular formula is C17H18Cl2N2. The fraction of sp³-hybridized carbons (Fsp3) is 0.353. The number of benzene rings is 1. The monoisotopic (exact) mass is 320 g/mol. The van der Waals surface area contributed by atoms with Crippen LogP contribution < -0.4 is 5.32 Å².